The third-order valence-corrected chi connectivity index (χ3v) is 3.36. The first-order valence-corrected chi connectivity index (χ1v) is 5.94. The van der Waals surface area contributed by atoms with Gasteiger partial charge in [-0.1, -0.05) is 40.3 Å². The molecule has 0 saturated heterocycles. The lowest BCUT2D eigenvalue weighted by Gasteiger charge is -2.01. The van der Waals surface area contributed by atoms with Gasteiger partial charge >= 0.3 is 0 Å². The first-order chi connectivity index (χ1) is 7.58. The van der Waals surface area contributed by atoms with Crippen molar-refractivity contribution in [3.05, 3.63) is 46.1 Å². The summed E-state index contributed by atoms with van der Waals surface area (Å²) in [5.74, 6) is 1.31. The number of aryl methyl sites for hydroxylation is 1. The number of hydrogen-bond acceptors (Lipinski definition) is 2. The zero-order valence-corrected chi connectivity index (χ0v) is 11.1. The summed E-state index contributed by atoms with van der Waals surface area (Å²) < 4.78 is 6.59. The Kier molecular flexibility index (Phi) is 3.12. The predicted molar refractivity (Wildman–Crippen MR) is 72.5 cm³/mol. The van der Waals surface area contributed by atoms with Crippen molar-refractivity contribution < 1.29 is 4.42 Å². The molecular formula is C12H10BrNOS. The quantitative estimate of drug-likeness (QED) is 0.860. The van der Waals surface area contributed by atoms with E-state index < -0.39 is 0 Å². The molecule has 0 atom stereocenters. The Bertz CT molecular complexity index is 548. The molecule has 0 saturated carbocycles. The average Bonchev–Trinajstić information content (AvgIpc) is 2.71. The summed E-state index contributed by atoms with van der Waals surface area (Å²) in [6.45, 7) is 2.04. The fourth-order valence-corrected chi connectivity index (χ4v) is 1.86. The van der Waals surface area contributed by atoms with Crippen LogP contribution in [-0.4, -0.2) is 4.99 Å². The lowest BCUT2D eigenvalue weighted by Crippen LogP contribution is -2.07. The lowest BCUT2D eigenvalue weighted by atomic mass is 10.1. The molecule has 1 aromatic carbocycles. The minimum absolute atomic E-state index is 0.275. The van der Waals surface area contributed by atoms with Crippen LogP contribution >= 0.6 is 28.1 Å². The number of furan rings is 1. The van der Waals surface area contributed by atoms with Crippen molar-refractivity contribution in [2.24, 2.45) is 5.73 Å². The second-order valence-electron chi connectivity index (χ2n) is 3.49. The van der Waals surface area contributed by atoms with E-state index in [9.17, 15) is 0 Å². The van der Waals surface area contributed by atoms with Crippen LogP contribution in [0.1, 0.15) is 11.3 Å². The molecule has 1 heterocycles. The second-order valence-corrected chi connectivity index (χ2v) is 4.79. The molecule has 0 aliphatic rings. The molecule has 0 radical (unpaired) electrons. The monoisotopic (exact) mass is 295 g/mol. The lowest BCUT2D eigenvalue weighted by molar-refractivity contribution is 0.573. The molecule has 0 aliphatic heterocycles. The Hall–Kier alpha value is -1.13. The Balaban J connectivity index is 2.42. The Morgan fingerprint density at radius 3 is 2.62 bits per heavy atom. The first kappa shape index (κ1) is 11.4. The fraction of sp³-hybridized carbons (Fsp3) is 0.0833. The maximum Gasteiger partial charge on any atom is 0.161 e. The molecule has 2 nitrogen and oxygen atoms in total. The molecule has 0 spiro atoms. The van der Waals surface area contributed by atoms with Crippen molar-refractivity contribution >= 4 is 33.1 Å². The van der Waals surface area contributed by atoms with Gasteiger partial charge in [-0.15, -0.1) is 0 Å². The Morgan fingerprint density at radius 1 is 1.31 bits per heavy atom. The van der Waals surface area contributed by atoms with Crippen LogP contribution in [-0.2, 0) is 0 Å². The van der Waals surface area contributed by atoms with E-state index in [1.807, 2.05) is 31.2 Å². The van der Waals surface area contributed by atoms with Gasteiger partial charge in [0, 0.05) is 10.0 Å². The van der Waals surface area contributed by atoms with E-state index in [2.05, 4.69) is 15.9 Å². The van der Waals surface area contributed by atoms with E-state index in [-0.39, 0.29) is 4.99 Å². The molecule has 0 aliphatic carbocycles. The number of hydrogen-bond donors (Lipinski definition) is 1. The molecule has 0 fully saturated rings. The third-order valence-electron chi connectivity index (χ3n) is 2.31. The maximum absolute atomic E-state index is 5.54. The summed E-state index contributed by atoms with van der Waals surface area (Å²) in [7, 11) is 0. The molecule has 2 rings (SSSR count). The van der Waals surface area contributed by atoms with Gasteiger partial charge in [-0.25, -0.2) is 0 Å². The summed E-state index contributed by atoms with van der Waals surface area (Å²) in [6.07, 6.45) is 0. The van der Waals surface area contributed by atoms with Gasteiger partial charge in [-0.05, 0) is 30.7 Å². The van der Waals surface area contributed by atoms with Crippen LogP contribution in [0, 0.1) is 6.92 Å². The molecule has 16 heavy (non-hydrogen) atoms. The summed E-state index contributed by atoms with van der Waals surface area (Å²) in [6, 6.07) is 9.69. The van der Waals surface area contributed by atoms with Crippen molar-refractivity contribution in [2.45, 2.75) is 6.92 Å². The van der Waals surface area contributed by atoms with Gasteiger partial charge in [0.15, 0.2) is 5.76 Å². The van der Waals surface area contributed by atoms with E-state index in [4.69, 9.17) is 22.4 Å². The SMILES string of the molecule is Cc1ccc(-c2ccc(C(N)=S)o2)cc1Br. The van der Waals surface area contributed by atoms with Crippen LogP contribution in [0.4, 0.5) is 0 Å². The van der Waals surface area contributed by atoms with Crippen molar-refractivity contribution in [3.8, 4) is 11.3 Å². The van der Waals surface area contributed by atoms with E-state index >= 15 is 0 Å². The smallest absolute Gasteiger partial charge is 0.161 e. The zero-order valence-electron chi connectivity index (χ0n) is 8.66. The number of rotatable bonds is 2. The minimum atomic E-state index is 0.275. The van der Waals surface area contributed by atoms with Crippen LogP contribution in [0.25, 0.3) is 11.3 Å². The predicted octanol–water partition coefficient (Wildman–Crippen LogP) is 3.65. The number of thiocarbonyl (C=S) groups is 1. The van der Waals surface area contributed by atoms with E-state index in [1.54, 1.807) is 6.07 Å². The maximum atomic E-state index is 5.54. The van der Waals surface area contributed by atoms with Crippen molar-refractivity contribution in [2.75, 3.05) is 0 Å². The van der Waals surface area contributed by atoms with Gasteiger partial charge < -0.3 is 10.2 Å². The third kappa shape index (κ3) is 2.18. The van der Waals surface area contributed by atoms with Crippen LogP contribution in [0.2, 0.25) is 0 Å². The molecule has 1 aromatic heterocycles. The fourth-order valence-electron chi connectivity index (χ4n) is 1.37. The molecule has 0 unspecified atom stereocenters. The standard InChI is InChI=1S/C12H10BrNOS/c1-7-2-3-8(6-9(7)13)10-4-5-11(15-10)12(14)16/h2-6H,1H3,(H2,14,16). The van der Waals surface area contributed by atoms with Crippen molar-refractivity contribution in [1.82, 2.24) is 0 Å². The topological polar surface area (TPSA) is 39.2 Å². The van der Waals surface area contributed by atoms with Gasteiger partial charge in [-0.3, -0.25) is 0 Å². The normalized spacial score (nSPS) is 10.4. The summed E-state index contributed by atoms with van der Waals surface area (Å²) >= 11 is 8.33. The molecule has 2 N–H and O–H groups in total. The molecule has 0 amide bonds. The Morgan fingerprint density at radius 2 is 2.06 bits per heavy atom. The van der Waals surface area contributed by atoms with E-state index in [1.165, 1.54) is 5.56 Å². The van der Waals surface area contributed by atoms with Gasteiger partial charge in [0.05, 0.1) is 0 Å². The van der Waals surface area contributed by atoms with E-state index in [0.29, 0.717) is 5.76 Å². The minimum Gasteiger partial charge on any atom is -0.454 e. The van der Waals surface area contributed by atoms with Crippen LogP contribution < -0.4 is 5.73 Å². The highest BCUT2D eigenvalue weighted by molar-refractivity contribution is 9.10. The highest BCUT2D eigenvalue weighted by Gasteiger charge is 2.07. The molecule has 82 valence electrons. The van der Waals surface area contributed by atoms with Crippen LogP contribution in [0.15, 0.2) is 39.2 Å². The summed E-state index contributed by atoms with van der Waals surface area (Å²) in [4.78, 5) is 0.275. The van der Waals surface area contributed by atoms with Crippen molar-refractivity contribution in [1.29, 1.82) is 0 Å². The van der Waals surface area contributed by atoms with Crippen LogP contribution in [0.5, 0.6) is 0 Å². The first-order valence-electron chi connectivity index (χ1n) is 4.74. The van der Waals surface area contributed by atoms with Gasteiger partial charge in [0.1, 0.15) is 10.7 Å². The zero-order chi connectivity index (χ0) is 11.7. The summed E-state index contributed by atoms with van der Waals surface area (Å²) in [5.41, 5.74) is 7.67. The molecule has 4 heteroatoms. The summed E-state index contributed by atoms with van der Waals surface area (Å²) in [5, 5.41) is 0. The average molecular weight is 296 g/mol. The van der Waals surface area contributed by atoms with E-state index in [0.717, 1.165) is 15.8 Å². The van der Waals surface area contributed by atoms with Crippen molar-refractivity contribution in [3.63, 3.8) is 0 Å². The van der Waals surface area contributed by atoms with Gasteiger partial charge in [0.2, 0.25) is 0 Å². The van der Waals surface area contributed by atoms with Crippen LogP contribution in [0.3, 0.4) is 0 Å². The second kappa shape index (κ2) is 4.39. The highest BCUT2D eigenvalue weighted by Crippen LogP contribution is 2.27. The van der Waals surface area contributed by atoms with Gasteiger partial charge in [0.25, 0.3) is 0 Å². The van der Waals surface area contributed by atoms with Gasteiger partial charge in [-0.2, -0.15) is 0 Å². The molecule has 0 bridgehead atoms. The highest BCUT2D eigenvalue weighted by atomic mass is 79.9. The largest absolute Gasteiger partial charge is 0.454 e. The number of nitrogens with two attached hydrogens (primary N) is 1. The number of benzene rings is 1. The molecular weight excluding hydrogens is 286 g/mol. The molecule has 2 aromatic rings. The number of halogens is 1. The Labute approximate surface area is 108 Å².